The van der Waals surface area contributed by atoms with E-state index in [4.69, 9.17) is 4.74 Å². The minimum atomic E-state index is -0.0560. The van der Waals surface area contributed by atoms with Gasteiger partial charge in [-0.1, -0.05) is 42.1 Å². The van der Waals surface area contributed by atoms with Crippen molar-refractivity contribution in [2.45, 2.75) is 28.2 Å². The average Bonchev–Trinajstić information content (AvgIpc) is 2.76. The molecule has 1 N–H and O–H groups in total. The SMILES string of the molecule is CSc1cc(C)nc(SC)c1NC(=O)Cc1ccc(OCSc2ccccc2)cc1. The first-order chi connectivity index (χ1) is 14.6. The van der Waals surface area contributed by atoms with E-state index >= 15 is 0 Å². The zero-order valence-electron chi connectivity index (χ0n) is 17.2. The first-order valence-electron chi connectivity index (χ1n) is 9.38. The fourth-order valence-electron chi connectivity index (χ4n) is 2.79. The van der Waals surface area contributed by atoms with E-state index < -0.39 is 0 Å². The van der Waals surface area contributed by atoms with Crippen LogP contribution in [0.4, 0.5) is 5.69 Å². The van der Waals surface area contributed by atoms with Crippen molar-refractivity contribution >= 4 is 46.9 Å². The van der Waals surface area contributed by atoms with E-state index in [1.807, 2.05) is 68.0 Å². The molecule has 156 valence electrons. The van der Waals surface area contributed by atoms with Crippen LogP contribution >= 0.6 is 35.3 Å². The van der Waals surface area contributed by atoms with Gasteiger partial charge in [0.1, 0.15) is 16.7 Å². The molecule has 0 unspecified atom stereocenters. The lowest BCUT2D eigenvalue weighted by atomic mass is 10.1. The minimum Gasteiger partial charge on any atom is -0.483 e. The first-order valence-corrected chi connectivity index (χ1v) is 12.8. The Bertz CT molecular complexity index is 954. The smallest absolute Gasteiger partial charge is 0.228 e. The van der Waals surface area contributed by atoms with E-state index in [0.717, 1.165) is 32.6 Å². The molecule has 30 heavy (non-hydrogen) atoms. The molecule has 0 saturated carbocycles. The largest absolute Gasteiger partial charge is 0.483 e. The van der Waals surface area contributed by atoms with Crippen LogP contribution in [0.25, 0.3) is 0 Å². The number of hydrogen-bond donors (Lipinski definition) is 1. The maximum Gasteiger partial charge on any atom is 0.228 e. The van der Waals surface area contributed by atoms with E-state index in [1.165, 1.54) is 16.7 Å². The third-order valence-corrected chi connectivity index (χ3v) is 6.52. The zero-order chi connectivity index (χ0) is 21.3. The van der Waals surface area contributed by atoms with Gasteiger partial charge < -0.3 is 10.1 Å². The number of carbonyl (C=O) groups is 1. The van der Waals surface area contributed by atoms with Gasteiger partial charge in [0.05, 0.1) is 12.1 Å². The standard InChI is InChI=1S/C23H24N2O2S3/c1-16-13-20(28-2)22(23(24-16)29-3)25-21(26)14-17-9-11-18(12-10-17)27-15-30-19-7-5-4-6-8-19/h4-13H,14-15H2,1-3H3,(H,25,26). The Labute approximate surface area is 190 Å². The average molecular weight is 457 g/mol. The molecule has 0 spiro atoms. The van der Waals surface area contributed by atoms with Crippen molar-refractivity contribution in [3.8, 4) is 5.75 Å². The molecular weight excluding hydrogens is 432 g/mol. The molecule has 2 aromatic carbocycles. The summed E-state index contributed by atoms with van der Waals surface area (Å²) in [5.41, 5.74) is 2.68. The van der Waals surface area contributed by atoms with Gasteiger partial charge in [0.15, 0.2) is 0 Å². The maximum absolute atomic E-state index is 12.6. The van der Waals surface area contributed by atoms with E-state index in [0.29, 0.717) is 12.4 Å². The summed E-state index contributed by atoms with van der Waals surface area (Å²) in [5, 5.41) is 3.89. The Morgan fingerprint density at radius 2 is 1.77 bits per heavy atom. The molecule has 0 aliphatic rings. The monoisotopic (exact) mass is 456 g/mol. The summed E-state index contributed by atoms with van der Waals surface area (Å²) in [6, 6.07) is 19.8. The second-order valence-corrected chi connectivity index (χ2v) is 9.08. The van der Waals surface area contributed by atoms with Crippen molar-refractivity contribution in [3.05, 3.63) is 71.9 Å². The molecule has 3 aromatic rings. The number of thioether (sulfide) groups is 3. The van der Waals surface area contributed by atoms with E-state index in [-0.39, 0.29) is 5.91 Å². The van der Waals surface area contributed by atoms with Crippen LogP contribution in [0.5, 0.6) is 5.75 Å². The number of nitrogens with zero attached hydrogens (tertiary/aromatic N) is 1. The number of aryl methyl sites for hydroxylation is 1. The first kappa shape index (κ1) is 22.6. The molecular formula is C23H24N2O2S3. The minimum absolute atomic E-state index is 0.0560. The lowest BCUT2D eigenvalue weighted by molar-refractivity contribution is -0.115. The van der Waals surface area contributed by atoms with Crippen LogP contribution < -0.4 is 10.1 Å². The van der Waals surface area contributed by atoms with Crippen LogP contribution in [0.15, 0.2) is 75.5 Å². The highest BCUT2D eigenvalue weighted by Crippen LogP contribution is 2.33. The Balaban J connectivity index is 1.56. The van der Waals surface area contributed by atoms with Gasteiger partial charge in [-0.05, 0) is 55.3 Å². The molecule has 3 rings (SSSR count). The number of benzene rings is 2. The Morgan fingerprint density at radius 3 is 2.43 bits per heavy atom. The second-order valence-electron chi connectivity index (χ2n) is 6.44. The predicted molar refractivity (Wildman–Crippen MR) is 129 cm³/mol. The normalized spacial score (nSPS) is 10.6. The third-order valence-electron chi connectivity index (χ3n) is 4.24. The molecule has 0 radical (unpaired) electrons. The lowest BCUT2D eigenvalue weighted by Crippen LogP contribution is -2.16. The molecule has 0 aliphatic heterocycles. The summed E-state index contributed by atoms with van der Waals surface area (Å²) in [4.78, 5) is 19.4. The Kier molecular flexibility index (Phi) is 8.54. The van der Waals surface area contributed by atoms with Crippen LogP contribution in [0, 0.1) is 6.92 Å². The number of anilines is 1. The quantitative estimate of drug-likeness (QED) is 0.308. The fraction of sp³-hybridized carbons (Fsp3) is 0.217. The summed E-state index contributed by atoms with van der Waals surface area (Å²) in [6.07, 6.45) is 4.27. The van der Waals surface area contributed by atoms with Gasteiger partial charge in [-0.2, -0.15) is 0 Å². The summed E-state index contributed by atoms with van der Waals surface area (Å²) < 4.78 is 5.79. The number of rotatable bonds is 9. The number of hydrogen-bond acceptors (Lipinski definition) is 6. The number of aromatic nitrogens is 1. The van der Waals surface area contributed by atoms with Crippen molar-refractivity contribution in [2.24, 2.45) is 0 Å². The molecule has 1 aromatic heterocycles. The van der Waals surface area contributed by atoms with Gasteiger partial charge in [-0.3, -0.25) is 4.79 Å². The number of amides is 1. The van der Waals surface area contributed by atoms with Crippen molar-refractivity contribution in [1.82, 2.24) is 4.98 Å². The van der Waals surface area contributed by atoms with E-state index in [1.54, 1.807) is 23.5 Å². The van der Waals surface area contributed by atoms with Crippen LogP contribution in [0.3, 0.4) is 0 Å². The van der Waals surface area contributed by atoms with Gasteiger partial charge in [-0.15, -0.1) is 23.5 Å². The van der Waals surface area contributed by atoms with Gasteiger partial charge in [0.25, 0.3) is 0 Å². The number of carbonyl (C=O) groups excluding carboxylic acids is 1. The molecule has 0 atom stereocenters. The molecule has 0 aliphatic carbocycles. The fourth-order valence-corrected chi connectivity index (χ4v) is 4.78. The van der Waals surface area contributed by atoms with Gasteiger partial charge >= 0.3 is 0 Å². The molecule has 1 heterocycles. The predicted octanol–water partition coefficient (Wildman–Crippen LogP) is 6.14. The van der Waals surface area contributed by atoms with Crippen molar-refractivity contribution < 1.29 is 9.53 Å². The Morgan fingerprint density at radius 1 is 1.03 bits per heavy atom. The number of pyridine rings is 1. The van der Waals surface area contributed by atoms with Crippen LogP contribution in [-0.2, 0) is 11.2 Å². The lowest BCUT2D eigenvalue weighted by Gasteiger charge is -2.14. The van der Waals surface area contributed by atoms with E-state index in [2.05, 4.69) is 22.4 Å². The van der Waals surface area contributed by atoms with Crippen molar-refractivity contribution in [2.75, 3.05) is 23.8 Å². The van der Waals surface area contributed by atoms with Crippen molar-refractivity contribution in [1.29, 1.82) is 0 Å². The highest BCUT2D eigenvalue weighted by atomic mass is 32.2. The molecule has 0 fully saturated rings. The highest BCUT2D eigenvalue weighted by molar-refractivity contribution is 7.99. The summed E-state index contributed by atoms with van der Waals surface area (Å²) in [6.45, 7) is 1.97. The number of ether oxygens (including phenoxy) is 1. The van der Waals surface area contributed by atoms with E-state index in [9.17, 15) is 4.79 Å². The summed E-state index contributed by atoms with van der Waals surface area (Å²) >= 11 is 4.79. The Hall–Kier alpha value is -2.09. The van der Waals surface area contributed by atoms with Crippen molar-refractivity contribution in [3.63, 3.8) is 0 Å². The number of nitrogens with one attached hydrogen (secondary N) is 1. The summed E-state index contributed by atoms with van der Waals surface area (Å²) in [5.74, 6) is 1.28. The summed E-state index contributed by atoms with van der Waals surface area (Å²) in [7, 11) is 0. The van der Waals surface area contributed by atoms with Crippen LogP contribution in [0.2, 0.25) is 0 Å². The van der Waals surface area contributed by atoms with Crippen LogP contribution in [0.1, 0.15) is 11.3 Å². The zero-order valence-corrected chi connectivity index (χ0v) is 19.6. The topological polar surface area (TPSA) is 51.2 Å². The van der Waals surface area contributed by atoms with Gasteiger partial charge in [0.2, 0.25) is 5.91 Å². The third kappa shape index (κ3) is 6.45. The van der Waals surface area contributed by atoms with Crippen LogP contribution in [-0.4, -0.2) is 29.3 Å². The molecule has 1 amide bonds. The molecule has 4 nitrogen and oxygen atoms in total. The second kappa shape index (κ2) is 11.3. The van der Waals surface area contributed by atoms with Gasteiger partial charge in [-0.25, -0.2) is 4.98 Å². The molecule has 0 saturated heterocycles. The highest BCUT2D eigenvalue weighted by Gasteiger charge is 2.14. The maximum atomic E-state index is 12.6. The van der Waals surface area contributed by atoms with Gasteiger partial charge in [0, 0.05) is 15.5 Å². The molecule has 7 heteroatoms. The molecule has 0 bridgehead atoms.